The standard InChI is InChI=1S/C14H24N2O/c1-4-12(14-6-5-9-17-14)15-13-7-8-16(3)10-11(13)2/h5-6,9,11-13,15H,4,7-8,10H2,1-3H3. The molecule has 1 fully saturated rings. The van der Waals surface area contributed by atoms with Gasteiger partial charge < -0.3 is 14.6 Å². The quantitative estimate of drug-likeness (QED) is 0.871. The van der Waals surface area contributed by atoms with Crippen LogP contribution in [0.5, 0.6) is 0 Å². The molecule has 3 atom stereocenters. The largest absolute Gasteiger partial charge is 0.468 e. The van der Waals surface area contributed by atoms with Crippen molar-refractivity contribution in [2.75, 3.05) is 20.1 Å². The summed E-state index contributed by atoms with van der Waals surface area (Å²) in [5, 5.41) is 3.76. The molecule has 0 aliphatic carbocycles. The van der Waals surface area contributed by atoms with Crippen molar-refractivity contribution in [3.05, 3.63) is 24.2 Å². The summed E-state index contributed by atoms with van der Waals surface area (Å²) in [5.74, 6) is 1.77. The third kappa shape index (κ3) is 3.11. The highest BCUT2D eigenvalue weighted by Crippen LogP contribution is 2.22. The second kappa shape index (κ2) is 5.69. The van der Waals surface area contributed by atoms with Crippen molar-refractivity contribution >= 4 is 0 Å². The smallest absolute Gasteiger partial charge is 0.120 e. The minimum absolute atomic E-state index is 0.362. The Balaban J connectivity index is 1.95. The lowest BCUT2D eigenvalue weighted by atomic mass is 9.93. The van der Waals surface area contributed by atoms with Gasteiger partial charge in [-0.2, -0.15) is 0 Å². The molecule has 0 aromatic carbocycles. The molecule has 0 saturated carbocycles. The molecule has 1 aromatic rings. The molecule has 1 N–H and O–H groups in total. The van der Waals surface area contributed by atoms with Gasteiger partial charge in [0.1, 0.15) is 5.76 Å². The number of hydrogen-bond acceptors (Lipinski definition) is 3. The van der Waals surface area contributed by atoms with Crippen LogP contribution in [0.25, 0.3) is 0 Å². The lowest BCUT2D eigenvalue weighted by Crippen LogP contribution is -2.47. The number of rotatable bonds is 4. The maximum Gasteiger partial charge on any atom is 0.120 e. The number of furan rings is 1. The van der Waals surface area contributed by atoms with Gasteiger partial charge in [0.05, 0.1) is 12.3 Å². The monoisotopic (exact) mass is 236 g/mol. The fourth-order valence-corrected chi connectivity index (χ4v) is 2.75. The average Bonchev–Trinajstić information content (AvgIpc) is 2.81. The first-order chi connectivity index (χ1) is 8.20. The predicted octanol–water partition coefficient (Wildman–Crippen LogP) is 2.66. The van der Waals surface area contributed by atoms with Gasteiger partial charge in [-0.25, -0.2) is 0 Å². The summed E-state index contributed by atoms with van der Waals surface area (Å²) in [5.41, 5.74) is 0. The fraction of sp³-hybridized carbons (Fsp3) is 0.714. The van der Waals surface area contributed by atoms with Gasteiger partial charge >= 0.3 is 0 Å². The van der Waals surface area contributed by atoms with E-state index in [9.17, 15) is 0 Å². The molecule has 96 valence electrons. The Bertz CT molecular complexity index is 323. The molecule has 3 heteroatoms. The zero-order chi connectivity index (χ0) is 12.3. The van der Waals surface area contributed by atoms with Crippen LogP contribution < -0.4 is 5.32 Å². The SMILES string of the molecule is CCC(NC1CCN(C)CC1C)c1ccco1. The topological polar surface area (TPSA) is 28.4 Å². The van der Waals surface area contributed by atoms with E-state index in [4.69, 9.17) is 4.42 Å². The first-order valence-corrected chi connectivity index (χ1v) is 6.68. The van der Waals surface area contributed by atoms with E-state index < -0.39 is 0 Å². The van der Waals surface area contributed by atoms with Crippen molar-refractivity contribution in [1.82, 2.24) is 10.2 Å². The van der Waals surface area contributed by atoms with E-state index >= 15 is 0 Å². The minimum atomic E-state index is 0.362. The van der Waals surface area contributed by atoms with E-state index in [1.807, 2.05) is 6.07 Å². The Hall–Kier alpha value is -0.800. The van der Waals surface area contributed by atoms with E-state index in [1.165, 1.54) is 19.5 Å². The molecule has 0 amide bonds. The molecule has 1 aromatic heterocycles. The second-order valence-corrected chi connectivity index (χ2v) is 5.28. The molecule has 17 heavy (non-hydrogen) atoms. The average molecular weight is 236 g/mol. The lowest BCUT2D eigenvalue weighted by molar-refractivity contribution is 0.161. The van der Waals surface area contributed by atoms with Crippen LogP contribution in [0.1, 0.15) is 38.5 Å². The van der Waals surface area contributed by atoms with Crippen molar-refractivity contribution < 1.29 is 4.42 Å². The predicted molar refractivity (Wildman–Crippen MR) is 69.9 cm³/mol. The number of hydrogen-bond donors (Lipinski definition) is 1. The Morgan fingerprint density at radius 1 is 1.59 bits per heavy atom. The fourth-order valence-electron chi connectivity index (χ4n) is 2.75. The minimum Gasteiger partial charge on any atom is -0.468 e. The second-order valence-electron chi connectivity index (χ2n) is 5.28. The summed E-state index contributed by atoms with van der Waals surface area (Å²) in [6.07, 6.45) is 4.07. The Morgan fingerprint density at radius 2 is 2.41 bits per heavy atom. The zero-order valence-electron chi connectivity index (χ0n) is 11.1. The molecule has 3 nitrogen and oxygen atoms in total. The summed E-state index contributed by atoms with van der Waals surface area (Å²) >= 11 is 0. The third-order valence-corrected chi connectivity index (χ3v) is 3.82. The highest BCUT2D eigenvalue weighted by atomic mass is 16.3. The van der Waals surface area contributed by atoms with Gasteiger partial charge in [0.2, 0.25) is 0 Å². The molecule has 2 heterocycles. The summed E-state index contributed by atoms with van der Waals surface area (Å²) in [6, 6.07) is 5.01. The van der Waals surface area contributed by atoms with Crippen molar-refractivity contribution in [2.24, 2.45) is 5.92 Å². The lowest BCUT2D eigenvalue weighted by Gasteiger charge is -2.37. The molecule has 1 aliphatic heterocycles. The zero-order valence-corrected chi connectivity index (χ0v) is 11.1. The Kier molecular flexibility index (Phi) is 4.24. The summed E-state index contributed by atoms with van der Waals surface area (Å²) in [7, 11) is 2.20. The number of nitrogens with one attached hydrogen (secondary N) is 1. The van der Waals surface area contributed by atoms with Gasteiger partial charge in [0.15, 0.2) is 0 Å². The van der Waals surface area contributed by atoms with Crippen LogP contribution in [0.15, 0.2) is 22.8 Å². The summed E-state index contributed by atoms with van der Waals surface area (Å²) < 4.78 is 5.51. The van der Waals surface area contributed by atoms with E-state index in [1.54, 1.807) is 6.26 Å². The van der Waals surface area contributed by atoms with E-state index in [0.717, 1.165) is 12.2 Å². The number of nitrogens with zero attached hydrogens (tertiary/aromatic N) is 1. The number of piperidine rings is 1. The van der Waals surface area contributed by atoms with Crippen molar-refractivity contribution in [3.63, 3.8) is 0 Å². The summed E-state index contributed by atoms with van der Waals surface area (Å²) in [4.78, 5) is 2.41. The molecule has 2 rings (SSSR count). The first-order valence-electron chi connectivity index (χ1n) is 6.68. The van der Waals surface area contributed by atoms with E-state index in [2.05, 4.69) is 37.2 Å². The third-order valence-electron chi connectivity index (χ3n) is 3.82. The van der Waals surface area contributed by atoms with Crippen LogP contribution in [-0.2, 0) is 0 Å². The van der Waals surface area contributed by atoms with Gasteiger partial charge in [-0.1, -0.05) is 13.8 Å². The van der Waals surface area contributed by atoms with Crippen molar-refractivity contribution in [3.8, 4) is 0 Å². The molecule has 3 unspecified atom stereocenters. The molecular formula is C14H24N2O. The van der Waals surface area contributed by atoms with Crippen LogP contribution >= 0.6 is 0 Å². The molecule has 0 radical (unpaired) electrons. The molecule has 0 spiro atoms. The summed E-state index contributed by atoms with van der Waals surface area (Å²) in [6.45, 7) is 6.92. The van der Waals surface area contributed by atoms with Crippen LogP contribution in [0.3, 0.4) is 0 Å². The normalized spacial score (nSPS) is 28.2. The van der Waals surface area contributed by atoms with Gasteiger partial charge in [-0.15, -0.1) is 0 Å². The van der Waals surface area contributed by atoms with Crippen molar-refractivity contribution in [1.29, 1.82) is 0 Å². The number of likely N-dealkylation sites (tertiary alicyclic amines) is 1. The van der Waals surface area contributed by atoms with Crippen LogP contribution in [0, 0.1) is 5.92 Å². The molecule has 0 bridgehead atoms. The van der Waals surface area contributed by atoms with E-state index in [0.29, 0.717) is 18.0 Å². The Labute approximate surface area is 104 Å². The highest BCUT2D eigenvalue weighted by Gasteiger charge is 2.26. The van der Waals surface area contributed by atoms with Gasteiger partial charge in [0.25, 0.3) is 0 Å². The molecule has 1 aliphatic rings. The van der Waals surface area contributed by atoms with Gasteiger partial charge in [0, 0.05) is 12.6 Å². The van der Waals surface area contributed by atoms with Gasteiger partial charge in [-0.05, 0) is 44.5 Å². The van der Waals surface area contributed by atoms with Crippen molar-refractivity contribution in [2.45, 2.75) is 38.8 Å². The maximum atomic E-state index is 5.51. The Morgan fingerprint density at radius 3 is 3.00 bits per heavy atom. The highest BCUT2D eigenvalue weighted by molar-refractivity contribution is 5.05. The van der Waals surface area contributed by atoms with E-state index in [-0.39, 0.29) is 0 Å². The molecule has 1 saturated heterocycles. The van der Waals surface area contributed by atoms with Crippen LogP contribution in [-0.4, -0.2) is 31.1 Å². The first kappa shape index (κ1) is 12.7. The molecular weight excluding hydrogens is 212 g/mol. The maximum absolute atomic E-state index is 5.51. The van der Waals surface area contributed by atoms with Gasteiger partial charge in [-0.3, -0.25) is 0 Å². The van der Waals surface area contributed by atoms with Crippen LogP contribution in [0.2, 0.25) is 0 Å². The van der Waals surface area contributed by atoms with Crippen LogP contribution in [0.4, 0.5) is 0 Å².